The molecule has 0 saturated carbocycles. The molecule has 3 rings (SSSR count). The van der Waals surface area contributed by atoms with Crippen molar-refractivity contribution in [1.82, 2.24) is 4.98 Å². The molecule has 0 atom stereocenters. The van der Waals surface area contributed by atoms with Crippen molar-refractivity contribution in [3.05, 3.63) is 45.6 Å². The minimum Gasteiger partial charge on any atom is -0.356 e. The van der Waals surface area contributed by atoms with Gasteiger partial charge in [0.25, 0.3) is 5.91 Å². The molecule has 1 aromatic heterocycles. The molecule has 1 amide bonds. The van der Waals surface area contributed by atoms with E-state index in [0.717, 1.165) is 20.6 Å². The Morgan fingerprint density at radius 1 is 1.29 bits per heavy atom. The van der Waals surface area contributed by atoms with E-state index in [1.54, 1.807) is 23.1 Å². The van der Waals surface area contributed by atoms with Gasteiger partial charge in [-0.2, -0.15) is 0 Å². The van der Waals surface area contributed by atoms with Gasteiger partial charge in [0, 0.05) is 41.0 Å². The number of carbonyl (C=O) groups excluding carboxylic acids is 1. The average Bonchev–Trinajstić information content (AvgIpc) is 2.80. The molecular formula is C20H22BrF2N3OS. The lowest BCUT2D eigenvalue weighted by Gasteiger charge is -2.26. The number of halogens is 3. The molecule has 150 valence electrons. The lowest BCUT2D eigenvalue weighted by Crippen LogP contribution is -2.30. The molecule has 1 fully saturated rings. The minimum atomic E-state index is -2.68. The van der Waals surface area contributed by atoms with Gasteiger partial charge >= 0.3 is 0 Å². The van der Waals surface area contributed by atoms with Crippen LogP contribution in [-0.4, -0.2) is 29.9 Å². The number of aromatic nitrogens is 1. The highest BCUT2D eigenvalue weighted by Gasteiger charge is 2.33. The number of anilines is 2. The van der Waals surface area contributed by atoms with Crippen molar-refractivity contribution in [1.29, 1.82) is 0 Å². The molecule has 1 aliphatic rings. The molecule has 0 radical (unpaired) electrons. The van der Waals surface area contributed by atoms with E-state index in [1.165, 1.54) is 0 Å². The number of hydrogen-bond acceptors (Lipinski definition) is 4. The smallest absolute Gasteiger partial charge is 0.259 e. The van der Waals surface area contributed by atoms with Gasteiger partial charge in [-0.25, -0.2) is 13.8 Å². The number of aryl methyl sites for hydroxylation is 1. The third-order valence-corrected chi connectivity index (χ3v) is 6.31. The summed E-state index contributed by atoms with van der Waals surface area (Å²) in [5.41, 5.74) is 2.46. The van der Waals surface area contributed by atoms with Gasteiger partial charge < -0.3 is 10.2 Å². The standard InChI is InChI=1S/C20H22BrF2N3OS/c1-12-16(19(27)25-14-5-3-6-15(28)11-14)18(24-13(2)17(12)21)26-9-4-7-20(22,23)8-10-26/h3,5-6,11,28H,4,7-10H2,1-2H3,(H,25,27). The molecule has 0 aliphatic carbocycles. The van der Waals surface area contributed by atoms with E-state index in [-0.39, 0.29) is 25.3 Å². The van der Waals surface area contributed by atoms with Gasteiger partial charge in [-0.05, 0) is 60.0 Å². The summed E-state index contributed by atoms with van der Waals surface area (Å²) in [6.07, 6.45) is -0.0363. The number of rotatable bonds is 3. The van der Waals surface area contributed by atoms with E-state index in [2.05, 4.69) is 38.9 Å². The molecule has 0 bridgehead atoms. The third kappa shape index (κ3) is 4.66. The van der Waals surface area contributed by atoms with Crippen LogP contribution in [-0.2, 0) is 0 Å². The summed E-state index contributed by atoms with van der Waals surface area (Å²) in [5.74, 6) is -2.55. The van der Waals surface area contributed by atoms with Crippen molar-refractivity contribution in [2.45, 2.75) is 43.9 Å². The number of benzene rings is 1. The van der Waals surface area contributed by atoms with Gasteiger partial charge in [0.2, 0.25) is 5.92 Å². The van der Waals surface area contributed by atoms with E-state index >= 15 is 0 Å². The van der Waals surface area contributed by atoms with Crippen LogP contribution in [0, 0.1) is 13.8 Å². The van der Waals surface area contributed by atoms with Crippen LogP contribution in [0.1, 0.15) is 40.9 Å². The number of alkyl halides is 2. The zero-order chi connectivity index (χ0) is 20.5. The molecule has 28 heavy (non-hydrogen) atoms. The Kier molecular flexibility index (Phi) is 6.29. The lowest BCUT2D eigenvalue weighted by molar-refractivity contribution is -0.0102. The Hall–Kier alpha value is -1.67. The summed E-state index contributed by atoms with van der Waals surface area (Å²) in [7, 11) is 0. The van der Waals surface area contributed by atoms with Gasteiger partial charge in [-0.15, -0.1) is 12.6 Å². The highest BCUT2D eigenvalue weighted by Crippen LogP contribution is 2.34. The van der Waals surface area contributed by atoms with Crippen molar-refractivity contribution in [2.75, 3.05) is 23.3 Å². The summed E-state index contributed by atoms with van der Waals surface area (Å²) in [4.78, 5) is 20.2. The largest absolute Gasteiger partial charge is 0.356 e. The SMILES string of the molecule is Cc1nc(N2CCCC(F)(F)CC2)c(C(=O)Nc2cccc(S)c2)c(C)c1Br. The average molecular weight is 470 g/mol. The molecule has 2 aromatic rings. The Bertz CT molecular complexity index is 907. The number of thiol groups is 1. The fraction of sp³-hybridized carbons (Fsp3) is 0.400. The number of carbonyl (C=O) groups is 1. The topological polar surface area (TPSA) is 45.2 Å². The van der Waals surface area contributed by atoms with Crippen LogP contribution in [0.4, 0.5) is 20.3 Å². The van der Waals surface area contributed by atoms with Crippen molar-refractivity contribution < 1.29 is 13.6 Å². The Morgan fingerprint density at radius 3 is 2.75 bits per heavy atom. The zero-order valence-electron chi connectivity index (χ0n) is 15.7. The van der Waals surface area contributed by atoms with Crippen molar-refractivity contribution in [2.24, 2.45) is 0 Å². The highest BCUT2D eigenvalue weighted by atomic mass is 79.9. The summed E-state index contributed by atoms with van der Waals surface area (Å²) in [5, 5.41) is 2.87. The monoisotopic (exact) mass is 469 g/mol. The van der Waals surface area contributed by atoms with Gasteiger partial charge in [0.15, 0.2) is 0 Å². The first-order valence-electron chi connectivity index (χ1n) is 9.08. The lowest BCUT2D eigenvalue weighted by atomic mass is 10.1. The molecule has 0 unspecified atom stereocenters. The number of nitrogens with zero attached hydrogens (tertiary/aromatic N) is 2. The predicted octanol–water partition coefficient (Wildman–Crippen LogP) is 5.63. The zero-order valence-corrected chi connectivity index (χ0v) is 18.2. The maximum Gasteiger partial charge on any atom is 0.259 e. The van der Waals surface area contributed by atoms with E-state index < -0.39 is 5.92 Å². The summed E-state index contributed by atoms with van der Waals surface area (Å²) in [6.45, 7) is 4.26. The second-order valence-electron chi connectivity index (χ2n) is 7.04. The first-order valence-corrected chi connectivity index (χ1v) is 10.3. The summed E-state index contributed by atoms with van der Waals surface area (Å²) < 4.78 is 28.4. The van der Waals surface area contributed by atoms with Crippen LogP contribution >= 0.6 is 28.6 Å². The van der Waals surface area contributed by atoms with Crippen molar-refractivity contribution in [3.8, 4) is 0 Å². The third-order valence-electron chi connectivity index (χ3n) is 4.87. The molecule has 1 aromatic carbocycles. The van der Waals surface area contributed by atoms with Crippen LogP contribution in [0.25, 0.3) is 0 Å². The van der Waals surface area contributed by atoms with Crippen molar-refractivity contribution in [3.63, 3.8) is 0 Å². The first-order chi connectivity index (χ1) is 13.2. The quantitative estimate of drug-likeness (QED) is 0.572. The van der Waals surface area contributed by atoms with E-state index in [1.807, 2.05) is 19.9 Å². The number of hydrogen-bond donors (Lipinski definition) is 2. The van der Waals surface area contributed by atoms with Crippen molar-refractivity contribution >= 4 is 46.0 Å². The van der Waals surface area contributed by atoms with E-state index in [0.29, 0.717) is 30.0 Å². The van der Waals surface area contributed by atoms with Gasteiger partial charge in [0.1, 0.15) is 5.82 Å². The predicted molar refractivity (Wildman–Crippen MR) is 114 cm³/mol. The number of amides is 1. The molecular weight excluding hydrogens is 448 g/mol. The second-order valence-corrected chi connectivity index (χ2v) is 8.35. The molecule has 0 spiro atoms. The van der Waals surface area contributed by atoms with E-state index in [9.17, 15) is 13.6 Å². The van der Waals surface area contributed by atoms with Crippen LogP contribution in [0.15, 0.2) is 33.6 Å². The van der Waals surface area contributed by atoms with Gasteiger partial charge in [0.05, 0.1) is 11.3 Å². The van der Waals surface area contributed by atoms with Crippen LogP contribution in [0.2, 0.25) is 0 Å². The number of nitrogens with one attached hydrogen (secondary N) is 1. The summed E-state index contributed by atoms with van der Waals surface area (Å²) >= 11 is 7.79. The first kappa shape index (κ1) is 21.0. The molecule has 4 nitrogen and oxygen atoms in total. The highest BCUT2D eigenvalue weighted by molar-refractivity contribution is 9.10. The summed E-state index contributed by atoms with van der Waals surface area (Å²) in [6, 6.07) is 7.14. The number of pyridine rings is 1. The normalized spacial score (nSPS) is 16.6. The molecule has 8 heteroatoms. The maximum absolute atomic E-state index is 13.8. The molecule has 1 aliphatic heterocycles. The second kappa shape index (κ2) is 8.37. The van der Waals surface area contributed by atoms with Gasteiger partial charge in [-0.3, -0.25) is 4.79 Å². The molecule has 2 heterocycles. The Labute approximate surface area is 177 Å². The van der Waals surface area contributed by atoms with Crippen LogP contribution < -0.4 is 10.2 Å². The van der Waals surface area contributed by atoms with Gasteiger partial charge in [-0.1, -0.05) is 6.07 Å². The minimum absolute atomic E-state index is 0.145. The maximum atomic E-state index is 13.8. The van der Waals surface area contributed by atoms with E-state index in [4.69, 9.17) is 0 Å². The van der Waals surface area contributed by atoms with Crippen LogP contribution in [0.5, 0.6) is 0 Å². The fourth-order valence-corrected chi connectivity index (χ4v) is 3.88. The molecule has 1 saturated heterocycles. The Balaban J connectivity index is 1.99. The Morgan fingerprint density at radius 2 is 2.04 bits per heavy atom. The van der Waals surface area contributed by atoms with Crippen LogP contribution in [0.3, 0.4) is 0 Å². The fourth-order valence-electron chi connectivity index (χ4n) is 3.37. The molecule has 1 N–H and O–H groups in total.